The fourth-order valence-corrected chi connectivity index (χ4v) is 4.51. The van der Waals surface area contributed by atoms with Crippen molar-refractivity contribution in [2.24, 2.45) is 0 Å². The minimum Gasteiger partial charge on any atom is -0.497 e. The van der Waals surface area contributed by atoms with Gasteiger partial charge in [-0.3, -0.25) is 4.90 Å². The van der Waals surface area contributed by atoms with Crippen LogP contribution in [0.1, 0.15) is 37.7 Å². The summed E-state index contributed by atoms with van der Waals surface area (Å²) in [6.07, 6.45) is 5.90. The number of benzene rings is 1. The number of likely N-dealkylation sites (tertiary alicyclic amines) is 1. The summed E-state index contributed by atoms with van der Waals surface area (Å²) in [7, 11) is 3.90. The van der Waals surface area contributed by atoms with Gasteiger partial charge in [-0.2, -0.15) is 0 Å². The van der Waals surface area contributed by atoms with Crippen molar-refractivity contribution in [3.05, 3.63) is 29.8 Å². The van der Waals surface area contributed by atoms with Crippen LogP contribution in [0.15, 0.2) is 24.3 Å². The normalized spacial score (nSPS) is 27.7. The van der Waals surface area contributed by atoms with Gasteiger partial charge in [0.2, 0.25) is 0 Å². The summed E-state index contributed by atoms with van der Waals surface area (Å²) in [5.41, 5.74) is 1.44. The fraction of sp³-hybridized carbons (Fsp3) is 0.650. The Balaban J connectivity index is 1.35. The lowest BCUT2D eigenvalue weighted by Gasteiger charge is -2.27. The van der Waals surface area contributed by atoms with E-state index in [1.807, 2.05) is 17.0 Å². The Morgan fingerprint density at radius 1 is 1.20 bits per heavy atom. The second kappa shape index (κ2) is 6.52. The van der Waals surface area contributed by atoms with Crippen molar-refractivity contribution < 1.29 is 9.53 Å². The Hall–Kier alpha value is -1.75. The highest BCUT2D eigenvalue weighted by Gasteiger charge is 2.45. The van der Waals surface area contributed by atoms with Crippen molar-refractivity contribution in [3.8, 4) is 5.75 Å². The molecular weight excluding hydrogens is 314 g/mol. The number of urea groups is 1. The summed E-state index contributed by atoms with van der Waals surface area (Å²) in [5, 5.41) is 3.22. The minimum atomic E-state index is 0.112. The van der Waals surface area contributed by atoms with Crippen LogP contribution < -0.4 is 10.1 Å². The first-order valence-electron chi connectivity index (χ1n) is 9.50. The molecular formula is C20H29N3O2. The standard InChI is InChI=1S/C20H29N3O2/c1-22-16-5-6-17(22)13-23(12-9-16)19(24)21-14-20(10-11-20)15-3-7-18(25-2)8-4-15/h3-4,7-8,16-17H,5-6,9-14H2,1-2H3,(H,21,24)/t16-,17+/m1/s1. The molecule has 0 unspecified atom stereocenters. The molecule has 1 saturated carbocycles. The van der Waals surface area contributed by atoms with Gasteiger partial charge in [0.15, 0.2) is 0 Å². The Morgan fingerprint density at radius 3 is 2.60 bits per heavy atom. The van der Waals surface area contributed by atoms with Crippen molar-refractivity contribution in [3.63, 3.8) is 0 Å². The molecule has 2 saturated heterocycles. The third-order valence-corrected chi connectivity index (χ3v) is 6.57. The molecule has 0 aromatic heterocycles. The van der Waals surface area contributed by atoms with Gasteiger partial charge in [0.1, 0.15) is 5.75 Å². The number of hydrogen-bond donors (Lipinski definition) is 1. The molecule has 2 heterocycles. The average Bonchev–Trinajstić information content (AvgIpc) is 3.36. The fourth-order valence-electron chi connectivity index (χ4n) is 4.51. The number of rotatable bonds is 4. The topological polar surface area (TPSA) is 44.8 Å². The second-order valence-electron chi connectivity index (χ2n) is 7.95. The van der Waals surface area contributed by atoms with Crippen LogP contribution in [0.25, 0.3) is 0 Å². The van der Waals surface area contributed by atoms with E-state index in [9.17, 15) is 4.79 Å². The largest absolute Gasteiger partial charge is 0.497 e. The SMILES string of the molecule is COc1ccc(C2(CNC(=O)N3CC[C@H]4CC[C@@H](C3)N4C)CC2)cc1. The van der Waals surface area contributed by atoms with Crippen LogP contribution in [0.4, 0.5) is 4.79 Å². The van der Waals surface area contributed by atoms with Gasteiger partial charge in [0.25, 0.3) is 0 Å². The van der Waals surface area contributed by atoms with Crippen LogP contribution in [0.5, 0.6) is 5.75 Å². The van der Waals surface area contributed by atoms with Gasteiger partial charge in [-0.1, -0.05) is 12.1 Å². The van der Waals surface area contributed by atoms with E-state index < -0.39 is 0 Å². The molecule has 0 spiro atoms. The highest BCUT2D eigenvalue weighted by atomic mass is 16.5. The molecule has 1 aromatic rings. The third-order valence-electron chi connectivity index (χ3n) is 6.57. The number of likely N-dealkylation sites (N-methyl/N-ethyl adjacent to an activating group) is 1. The maximum atomic E-state index is 12.7. The summed E-state index contributed by atoms with van der Waals surface area (Å²) in [5.74, 6) is 0.882. The van der Waals surface area contributed by atoms with Gasteiger partial charge in [-0.05, 0) is 56.8 Å². The van der Waals surface area contributed by atoms with Gasteiger partial charge in [0.05, 0.1) is 7.11 Å². The van der Waals surface area contributed by atoms with Crippen LogP contribution in [0.3, 0.4) is 0 Å². The van der Waals surface area contributed by atoms with Crippen molar-refractivity contribution in [1.82, 2.24) is 15.1 Å². The van der Waals surface area contributed by atoms with Gasteiger partial charge in [-0.25, -0.2) is 4.79 Å². The van der Waals surface area contributed by atoms with E-state index >= 15 is 0 Å². The number of carbonyl (C=O) groups excluding carboxylic acids is 1. The van der Waals surface area contributed by atoms with E-state index in [0.717, 1.165) is 44.6 Å². The predicted molar refractivity (Wildman–Crippen MR) is 98.1 cm³/mol. The van der Waals surface area contributed by atoms with Gasteiger partial charge in [0, 0.05) is 37.1 Å². The first-order chi connectivity index (χ1) is 12.1. The number of amides is 2. The van der Waals surface area contributed by atoms with Gasteiger partial charge in [-0.15, -0.1) is 0 Å². The summed E-state index contributed by atoms with van der Waals surface area (Å²) < 4.78 is 5.24. The molecule has 25 heavy (non-hydrogen) atoms. The van der Waals surface area contributed by atoms with Crippen molar-refractivity contribution in [2.45, 2.75) is 49.6 Å². The summed E-state index contributed by atoms with van der Waals surface area (Å²) in [6, 6.07) is 9.61. The molecule has 2 bridgehead atoms. The van der Waals surface area contributed by atoms with Crippen molar-refractivity contribution >= 4 is 6.03 Å². The summed E-state index contributed by atoms with van der Waals surface area (Å²) in [4.78, 5) is 17.2. The smallest absolute Gasteiger partial charge is 0.317 e. The molecule has 4 rings (SSSR count). The minimum absolute atomic E-state index is 0.112. The van der Waals surface area contributed by atoms with Crippen molar-refractivity contribution in [2.75, 3.05) is 33.8 Å². The Labute approximate surface area is 150 Å². The van der Waals surface area contributed by atoms with Crippen molar-refractivity contribution in [1.29, 1.82) is 0 Å². The van der Waals surface area contributed by atoms with Gasteiger partial charge < -0.3 is 15.0 Å². The molecule has 1 N–H and O–H groups in total. The molecule has 1 aliphatic carbocycles. The van der Waals surface area contributed by atoms with E-state index in [4.69, 9.17) is 4.74 Å². The molecule has 3 aliphatic rings. The number of fused-ring (bicyclic) bond motifs is 2. The Bertz CT molecular complexity index is 626. The van der Waals surface area contributed by atoms with Crippen LogP contribution >= 0.6 is 0 Å². The van der Waals surface area contributed by atoms with E-state index in [2.05, 4.69) is 29.4 Å². The van der Waals surface area contributed by atoms with Crippen LogP contribution in [0, 0.1) is 0 Å². The summed E-state index contributed by atoms with van der Waals surface area (Å²) >= 11 is 0. The second-order valence-corrected chi connectivity index (χ2v) is 7.95. The van der Waals surface area contributed by atoms with Crippen LogP contribution in [0.2, 0.25) is 0 Å². The predicted octanol–water partition coefficient (Wildman–Crippen LogP) is 2.60. The van der Waals surface area contributed by atoms with E-state index in [0.29, 0.717) is 12.1 Å². The number of hydrogen-bond acceptors (Lipinski definition) is 3. The molecule has 5 heteroatoms. The summed E-state index contributed by atoms with van der Waals surface area (Å²) in [6.45, 7) is 2.49. The molecule has 3 fully saturated rings. The number of ether oxygens (including phenoxy) is 1. The molecule has 1 aromatic carbocycles. The van der Waals surface area contributed by atoms with Crippen LogP contribution in [-0.2, 0) is 5.41 Å². The average molecular weight is 343 g/mol. The Kier molecular flexibility index (Phi) is 4.36. The zero-order chi connectivity index (χ0) is 17.4. The lowest BCUT2D eigenvalue weighted by Crippen LogP contribution is -2.46. The van der Waals surface area contributed by atoms with E-state index in [1.54, 1.807) is 7.11 Å². The number of nitrogens with one attached hydrogen (secondary N) is 1. The maximum absolute atomic E-state index is 12.7. The maximum Gasteiger partial charge on any atom is 0.317 e. The van der Waals surface area contributed by atoms with E-state index in [1.165, 1.54) is 18.4 Å². The lowest BCUT2D eigenvalue weighted by atomic mass is 9.96. The lowest BCUT2D eigenvalue weighted by molar-refractivity contribution is 0.187. The highest BCUT2D eigenvalue weighted by Crippen LogP contribution is 2.48. The highest BCUT2D eigenvalue weighted by molar-refractivity contribution is 5.74. The molecule has 2 amide bonds. The number of carbonyl (C=O) groups is 1. The van der Waals surface area contributed by atoms with Crippen LogP contribution in [-0.4, -0.2) is 61.7 Å². The molecule has 136 valence electrons. The zero-order valence-electron chi connectivity index (χ0n) is 15.3. The first kappa shape index (κ1) is 16.7. The monoisotopic (exact) mass is 343 g/mol. The quantitative estimate of drug-likeness (QED) is 0.914. The zero-order valence-corrected chi connectivity index (χ0v) is 15.3. The molecule has 5 nitrogen and oxygen atoms in total. The number of nitrogens with zero attached hydrogens (tertiary/aromatic N) is 2. The number of methoxy groups -OCH3 is 1. The van der Waals surface area contributed by atoms with Gasteiger partial charge >= 0.3 is 6.03 Å². The molecule has 0 radical (unpaired) electrons. The Morgan fingerprint density at radius 2 is 1.92 bits per heavy atom. The third kappa shape index (κ3) is 3.22. The first-order valence-corrected chi connectivity index (χ1v) is 9.50. The van der Waals surface area contributed by atoms with E-state index in [-0.39, 0.29) is 11.4 Å². The molecule has 2 aliphatic heterocycles. The molecule has 2 atom stereocenters.